The van der Waals surface area contributed by atoms with E-state index in [0.29, 0.717) is 25.3 Å². The van der Waals surface area contributed by atoms with Crippen LogP contribution in [0.25, 0.3) is 0 Å². The molecule has 0 saturated heterocycles. The minimum absolute atomic E-state index is 0. The SMILES string of the molecule is CCOCCCNC(N)=NCc1ccnc(OCC(F)(F)F)c1.I. The molecule has 1 aromatic rings. The van der Waals surface area contributed by atoms with Crippen molar-refractivity contribution >= 4 is 29.9 Å². The van der Waals surface area contributed by atoms with Gasteiger partial charge in [-0.1, -0.05) is 0 Å². The summed E-state index contributed by atoms with van der Waals surface area (Å²) < 4.78 is 46.0. The summed E-state index contributed by atoms with van der Waals surface area (Å²) in [6, 6.07) is 3.03. The summed E-state index contributed by atoms with van der Waals surface area (Å²) in [5.74, 6) is 0.161. The third-order valence-electron chi connectivity index (χ3n) is 2.59. The number of aliphatic imine (C=N–C) groups is 1. The Morgan fingerprint density at radius 2 is 2.17 bits per heavy atom. The molecule has 0 fully saturated rings. The first-order valence-electron chi connectivity index (χ1n) is 7.16. The fourth-order valence-corrected chi connectivity index (χ4v) is 1.55. The summed E-state index contributed by atoms with van der Waals surface area (Å²) >= 11 is 0. The lowest BCUT2D eigenvalue weighted by Gasteiger charge is -2.09. The smallest absolute Gasteiger partial charge is 0.422 e. The standard InChI is InChI=1S/C14H21F3N4O2.HI/c1-2-22-7-3-5-20-13(18)21-9-11-4-6-19-12(8-11)23-10-14(15,16)17;/h4,6,8H,2-3,5,7,9-10H2,1H3,(H3,18,20,21);1H. The molecular weight excluding hydrogens is 440 g/mol. The van der Waals surface area contributed by atoms with E-state index in [0.717, 1.165) is 6.42 Å². The van der Waals surface area contributed by atoms with E-state index in [1.54, 1.807) is 6.07 Å². The predicted octanol–water partition coefficient (Wildman–Crippen LogP) is 2.47. The molecule has 0 aliphatic heterocycles. The third kappa shape index (κ3) is 11.3. The molecule has 0 aliphatic carbocycles. The van der Waals surface area contributed by atoms with Crippen LogP contribution in [0.3, 0.4) is 0 Å². The number of nitrogens with two attached hydrogens (primary N) is 1. The molecule has 1 heterocycles. The first-order valence-corrected chi connectivity index (χ1v) is 7.16. The molecule has 10 heteroatoms. The highest BCUT2D eigenvalue weighted by Gasteiger charge is 2.28. The summed E-state index contributed by atoms with van der Waals surface area (Å²) in [6.07, 6.45) is -2.23. The van der Waals surface area contributed by atoms with Crippen molar-refractivity contribution < 1.29 is 22.6 Å². The van der Waals surface area contributed by atoms with Crippen molar-refractivity contribution in [1.29, 1.82) is 0 Å². The average molecular weight is 462 g/mol. The Hall–Kier alpha value is -1.30. The fraction of sp³-hybridized carbons (Fsp3) is 0.571. The number of nitrogens with one attached hydrogen (secondary N) is 1. The van der Waals surface area contributed by atoms with Crippen molar-refractivity contribution in [2.24, 2.45) is 10.7 Å². The van der Waals surface area contributed by atoms with Crippen LogP contribution in [0.15, 0.2) is 23.3 Å². The number of rotatable bonds is 9. The molecule has 24 heavy (non-hydrogen) atoms. The maximum atomic E-state index is 12.1. The van der Waals surface area contributed by atoms with Gasteiger partial charge in [-0.3, -0.25) is 0 Å². The highest BCUT2D eigenvalue weighted by molar-refractivity contribution is 14.0. The fourth-order valence-electron chi connectivity index (χ4n) is 1.55. The summed E-state index contributed by atoms with van der Waals surface area (Å²) in [5, 5.41) is 2.92. The lowest BCUT2D eigenvalue weighted by molar-refractivity contribution is -0.154. The lowest BCUT2D eigenvalue weighted by atomic mass is 10.3. The van der Waals surface area contributed by atoms with Crippen molar-refractivity contribution in [1.82, 2.24) is 10.3 Å². The number of ether oxygens (including phenoxy) is 2. The molecule has 0 amide bonds. The Bertz CT molecular complexity index is 501. The normalized spacial score (nSPS) is 11.8. The van der Waals surface area contributed by atoms with Crippen molar-refractivity contribution in [2.75, 3.05) is 26.4 Å². The van der Waals surface area contributed by atoms with Crippen LogP contribution >= 0.6 is 24.0 Å². The van der Waals surface area contributed by atoms with Gasteiger partial charge >= 0.3 is 6.18 Å². The Balaban J connectivity index is 0.00000529. The molecule has 0 radical (unpaired) electrons. The number of aromatic nitrogens is 1. The van der Waals surface area contributed by atoms with Crippen LogP contribution in [0.5, 0.6) is 5.88 Å². The summed E-state index contributed by atoms with van der Waals surface area (Å²) in [4.78, 5) is 7.82. The maximum Gasteiger partial charge on any atom is 0.422 e. The first-order chi connectivity index (χ1) is 10.9. The van der Waals surface area contributed by atoms with Gasteiger partial charge in [0.1, 0.15) is 0 Å². The number of hydrogen-bond acceptors (Lipinski definition) is 4. The Morgan fingerprint density at radius 3 is 2.83 bits per heavy atom. The van der Waals surface area contributed by atoms with Crippen LogP contribution in [-0.2, 0) is 11.3 Å². The molecule has 0 bridgehead atoms. The number of pyridine rings is 1. The maximum absolute atomic E-state index is 12.1. The highest BCUT2D eigenvalue weighted by atomic mass is 127. The monoisotopic (exact) mass is 462 g/mol. The van der Waals surface area contributed by atoms with E-state index in [1.807, 2.05) is 6.92 Å². The largest absolute Gasteiger partial charge is 0.468 e. The minimum atomic E-state index is -4.40. The van der Waals surface area contributed by atoms with Gasteiger partial charge in [-0.2, -0.15) is 13.2 Å². The van der Waals surface area contributed by atoms with Gasteiger partial charge in [0.05, 0.1) is 6.54 Å². The van der Waals surface area contributed by atoms with Crippen molar-refractivity contribution in [3.05, 3.63) is 23.9 Å². The van der Waals surface area contributed by atoms with Gasteiger partial charge in [-0.05, 0) is 25.0 Å². The number of alkyl halides is 3. The number of hydrogen-bond donors (Lipinski definition) is 2. The van der Waals surface area contributed by atoms with E-state index in [9.17, 15) is 13.2 Å². The van der Waals surface area contributed by atoms with Crippen LogP contribution in [0.1, 0.15) is 18.9 Å². The van der Waals surface area contributed by atoms with Gasteiger partial charge in [0.2, 0.25) is 5.88 Å². The van der Waals surface area contributed by atoms with E-state index in [1.165, 1.54) is 12.3 Å². The van der Waals surface area contributed by atoms with Gasteiger partial charge in [-0.25, -0.2) is 9.98 Å². The predicted molar refractivity (Wildman–Crippen MR) is 95.6 cm³/mol. The zero-order valence-electron chi connectivity index (χ0n) is 13.3. The second-order valence-corrected chi connectivity index (χ2v) is 4.58. The minimum Gasteiger partial charge on any atom is -0.468 e. The Labute approximate surface area is 156 Å². The summed E-state index contributed by atoms with van der Waals surface area (Å²) in [6.45, 7) is 2.70. The molecule has 6 nitrogen and oxygen atoms in total. The van der Waals surface area contributed by atoms with Crippen LogP contribution in [0.2, 0.25) is 0 Å². The van der Waals surface area contributed by atoms with Gasteiger partial charge in [0, 0.05) is 32.0 Å². The van der Waals surface area contributed by atoms with Crippen molar-refractivity contribution in [3.8, 4) is 5.88 Å². The van der Waals surface area contributed by atoms with Gasteiger partial charge in [0.25, 0.3) is 0 Å². The first kappa shape index (κ1) is 22.7. The summed E-state index contributed by atoms with van der Waals surface area (Å²) in [7, 11) is 0. The van der Waals surface area contributed by atoms with E-state index in [4.69, 9.17) is 10.5 Å². The van der Waals surface area contributed by atoms with E-state index in [2.05, 4.69) is 20.0 Å². The molecule has 0 spiro atoms. The highest BCUT2D eigenvalue weighted by Crippen LogP contribution is 2.17. The van der Waals surface area contributed by atoms with Crippen molar-refractivity contribution in [3.63, 3.8) is 0 Å². The molecule has 0 aromatic carbocycles. The van der Waals surface area contributed by atoms with Gasteiger partial charge < -0.3 is 20.5 Å². The van der Waals surface area contributed by atoms with Crippen LogP contribution in [0, 0.1) is 0 Å². The average Bonchev–Trinajstić information content (AvgIpc) is 2.50. The molecule has 0 aliphatic rings. The topological polar surface area (TPSA) is 81.8 Å². The zero-order chi connectivity index (χ0) is 17.1. The molecule has 0 atom stereocenters. The number of guanidine groups is 1. The molecular formula is C14H22F3IN4O2. The number of halogens is 4. The van der Waals surface area contributed by atoms with Crippen molar-refractivity contribution in [2.45, 2.75) is 26.1 Å². The molecule has 1 aromatic heterocycles. The number of nitrogens with zero attached hydrogens (tertiary/aromatic N) is 2. The molecule has 1 rings (SSSR count). The molecule has 3 N–H and O–H groups in total. The van der Waals surface area contributed by atoms with Crippen LogP contribution in [0.4, 0.5) is 13.2 Å². The van der Waals surface area contributed by atoms with E-state index < -0.39 is 12.8 Å². The third-order valence-corrected chi connectivity index (χ3v) is 2.59. The zero-order valence-corrected chi connectivity index (χ0v) is 15.6. The van der Waals surface area contributed by atoms with E-state index in [-0.39, 0.29) is 42.4 Å². The molecule has 0 unspecified atom stereocenters. The second kappa shape index (κ2) is 12.1. The Morgan fingerprint density at radius 1 is 1.42 bits per heavy atom. The second-order valence-electron chi connectivity index (χ2n) is 4.58. The Kier molecular flexibility index (Phi) is 11.5. The molecule has 0 saturated carbocycles. The van der Waals surface area contributed by atoms with E-state index >= 15 is 0 Å². The van der Waals surface area contributed by atoms with Gasteiger partial charge in [-0.15, -0.1) is 24.0 Å². The molecule has 138 valence electrons. The quantitative estimate of drug-likeness (QED) is 0.255. The van der Waals surface area contributed by atoms with Crippen LogP contribution < -0.4 is 15.8 Å². The van der Waals surface area contributed by atoms with Crippen LogP contribution in [-0.4, -0.2) is 43.5 Å². The van der Waals surface area contributed by atoms with Gasteiger partial charge in [0.15, 0.2) is 12.6 Å². The lowest BCUT2D eigenvalue weighted by Crippen LogP contribution is -2.32. The summed E-state index contributed by atoms with van der Waals surface area (Å²) in [5.41, 5.74) is 6.34.